The molecule has 3 heterocycles. The van der Waals surface area contributed by atoms with Crippen LogP contribution in [0.4, 0.5) is 5.69 Å². The molecule has 0 radical (unpaired) electrons. The summed E-state index contributed by atoms with van der Waals surface area (Å²) in [4.78, 5) is 20.1. The second kappa shape index (κ2) is 8.86. The van der Waals surface area contributed by atoms with E-state index in [1.54, 1.807) is 11.2 Å². The molecule has 0 aromatic heterocycles. The van der Waals surface area contributed by atoms with E-state index in [9.17, 15) is 4.79 Å². The van der Waals surface area contributed by atoms with Gasteiger partial charge in [0.05, 0.1) is 12.2 Å². The molecule has 0 spiro atoms. The van der Waals surface area contributed by atoms with E-state index >= 15 is 0 Å². The van der Waals surface area contributed by atoms with Crippen LogP contribution in [0.15, 0.2) is 31.0 Å². The van der Waals surface area contributed by atoms with Crippen LogP contribution in [0.3, 0.4) is 0 Å². The SMILES string of the molecule is C=CN(N)c1ccc2c(c1)CCN(CC(=O)N1CCN3C(CC)CCCC3C1)C2. The van der Waals surface area contributed by atoms with Crippen molar-refractivity contribution in [3.05, 3.63) is 42.1 Å². The van der Waals surface area contributed by atoms with Crippen LogP contribution < -0.4 is 10.9 Å². The smallest absolute Gasteiger partial charge is 0.236 e. The molecule has 2 fully saturated rings. The number of fused-ring (bicyclic) bond motifs is 2. The van der Waals surface area contributed by atoms with E-state index in [1.165, 1.54) is 36.8 Å². The summed E-state index contributed by atoms with van der Waals surface area (Å²) in [5.41, 5.74) is 3.58. The van der Waals surface area contributed by atoms with Crippen molar-refractivity contribution in [2.45, 2.75) is 57.7 Å². The molecule has 6 nitrogen and oxygen atoms in total. The molecular formula is C23H35N5O. The Bertz CT molecular complexity index is 751. The third kappa shape index (κ3) is 4.34. The van der Waals surface area contributed by atoms with Crippen LogP contribution in [-0.4, -0.2) is 65.4 Å². The monoisotopic (exact) mass is 397 g/mol. The van der Waals surface area contributed by atoms with E-state index in [0.29, 0.717) is 18.5 Å². The molecule has 2 N–H and O–H groups in total. The molecule has 3 aliphatic heterocycles. The van der Waals surface area contributed by atoms with E-state index in [1.807, 2.05) is 6.07 Å². The number of hydrogen-bond acceptors (Lipinski definition) is 5. The molecule has 0 bridgehead atoms. The van der Waals surface area contributed by atoms with Crippen LogP contribution in [0, 0.1) is 0 Å². The average molecular weight is 398 g/mol. The van der Waals surface area contributed by atoms with Crippen molar-refractivity contribution in [2.75, 3.05) is 37.7 Å². The molecular weight excluding hydrogens is 362 g/mol. The number of piperazine rings is 1. The van der Waals surface area contributed by atoms with Crippen LogP contribution in [0.25, 0.3) is 0 Å². The maximum atomic E-state index is 13.0. The van der Waals surface area contributed by atoms with Crippen molar-refractivity contribution in [3.8, 4) is 0 Å². The predicted molar refractivity (Wildman–Crippen MR) is 117 cm³/mol. The van der Waals surface area contributed by atoms with Gasteiger partial charge in [-0.2, -0.15) is 0 Å². The summed E-state index contributed by atoms with van der Waals surface area (Å²) in [5.74, 6) is 6.21. The first-order valence-electron chi connectivity index (χ1n) is 11.1. The number of hydrogen-bond donors (Lipinski definition) is 1. The molecule has 4 rings (SSSR count). The Morgan fingerprint density at radius 2 is 2.14 bits per heavy atom. The van der Waals surface area contributed by atoms with Gasteiger partial charge in [0.15, 0.2) is 0 Å². The lowest BCUT2D eigenvalue weighted by molar-refractivity contribution is -0.137. The first-order valence-corrected chi connectivity index (χ1v) is 11.1. The maximum Gasteiger partial charge on any atom is 0.236 e. The van der Waals surface area contributed by atoms with E-state index in [-0.39, 0.29) is 0 Å². The fourth-order valence-electron chi connectivity index (χ4n) is 5.32. The van der Waals surface area contributed by atoms with Crippen molar-refractivity contribution in [2.24, 2.45) is 5.84 Å². The lowest BCUT2D eigenvalue weighted by Crippen LogP contribution is -2.60. The fourth-order valence-corrected chi connectivity index (χ4v) is 5.32. The van der Waals surface area contributed by atoms with Gasteiger partial charge in [0.1, 0.15) is 0 Å². The Labute approximate surface area is 174 Å². The standard InChI is InChI=1S/C23H35N5O/c1-3-20-6-5-7-22-16-26(12-13-27(20)22)23(29)17-25-11-10-18-14-21(28(24)4-2)9-8-19(18)15-25/h4,8-9,14,20,22H,2-3,5-7,10-13,15-17,24H2,1H3. The molecule has 3 aliphatic rings. The third-order valence-corrected chi connectivity index (χ3v) is 7.03. The van der Waals surface area contributed by atoms with Gasteiger partial charge in [-0.3, -0.25) is 19.6 Å². The summed E-state index contributed by atoms with van der Waals surface area (Å²) in [6.07, 6.45) is 7.67. The van der Waals surface area contributed by atoms with E-state index in [4.69, 9.17) is 5.84 Å². The van der Waals surface area contributed by atoms with Crippen molar-refractivity contribution in [1.82, 2.24) is 14.7 Å². The first-order chi connectivity index (χ1) is 14.1. The van der Waals surface area contributed by atoms with Gasteiger partial charge in [0.25, 0.3) is 0 Å². The number of amides is 1. The van der Waals surface area contributed by atoms with Gasteiger partial charge in [-0.15, -0.1) is 0 Å². The van der Waals surface area contributed by atoms with E-state index in [2.05, 4.69) is 40.3 Å². The number of anilines is 1. The number of benzene rings is 1. The van der Waals surface area contributed by atoms with Crippen LogP contribution in [-0.2, 0) is 17.8 Å². The highest BCUT2D eigenvalue weighted by molar-refractivity contribution is 5.78. The Hall–Kier alpha value is -1.89. The van der Waals surface area contributed by atoms with Crippen LogP contribution >= 0.6 is 0 Å². The molecule has 2 unspecified atom stereocenters. The number of carbonyl (C=O) groups is 1. The molecule has 158 valence electrons. The Morgan fingerprint density at radius 1 is 1.28 bits per heavy atom. The summed E-state index contributed by atoms with van der Waals surface area (Å²) in [6, 6.07) is 7.59. The van der Waals surface area contributed by atoms with Gasteiger partial charge < -0.3 is 4.90 Å². The number of nitrogens with zero attached hydrogens (tertiary/aromatic N) is 4. The number of carbonyl (C=O) groups excluding carboxylic acids is 1. The van der Waals surface area contributed by atoms with Gasteiger partial charge in [-0.05, 0) is 48.9 Å². The fraction of sp³-hybridized carbons (Fsp3) is 0.609. The average Bonchev–Trinajstić information content (AvgIpc) is 2.77. The summed E-state index contributed by atoms with van der Waals surface area (Å²) >= 11 is 0. The first kappa shape index (κ1) is 20.4. The summed E-state index contributed by atoms with van der Waals surface area (Å²) in [5, 5.41) is 1.55. The lowest BCUT2D eigenvalue weighted by Gasteiger charge is -2.48. The summed E-state index contributed by atoms with van der Waals surface area (Å²) < 4.78 is 0. The molecule has 0 saturated carbocycles. The van der Waals surface area contributed by atoms with Gasteiger partial charge in [0, 0.05) is 51.0 Å². The van der Waals surface area contributed by atoms with E-state index < -0.39 is 0 Å². The molecule has 2 atom stereocenters. The minimum Gasteiger partial charge on any atom is -0.339 e. The normalized spacial score (nSPS) is 25.2. The summed E-state index contributed by atoms with van der Waals surface area (Å²) in [7, 11) is 0. The number of hydrazine groups is 1. The van der Waals surface area contributed by atoms with Crippen molar-refractivity contribution in [3.63, 3.8) is 0 Å². The number of rotatable bonds is 5. The highest BCUT2D eigenvalue weighted by Crippen LogP contribution is 2.28. The van der Waals surface area contributed by atoms with Crippen molar-refractivity contribution >= 4 is 11.6 Å². The van der Waals surface area contributed by atoms with Crippen molar-refractivity contribution in [1.29, 1.82) is 0 Å². The largest absolute Gasteiger partial charge is 0.339 e. The molecule has 0 aliphatic carbocycles. The number of nitrogens with two attached hydrogens (primary N) is 1. The Morgan fingerprint density at radius 3 is 2.93 bits per heavy atom. The molecule has 2 saturated heterocycles. The van der Waals surface area contributed by atoms with Crippen LogP contribution in [0.1, 0.15) is 43.7 Å². The highest BCUT2D eigenvalue weighted by atomic mass is 16.2. The van der Waals surface area contributed by atoms with Crippen molar-refractivity contribution < 1.29 is 4.79 Å². The lowest BCUT2D eigenvalue weighted by atomic mass is 9.92. The molecule has 1 amide bonds. The summed E-state index contributed by atoms with van der Waals surface area (Å²) in [6.45, 7) is 11.1. The maximum absolute atomic E-state index is 13.0. The quantitative estimate of drug-likeness (QED) is 0.611. The van der Waals surface area contributed by atoms with Crippen LogP contribution in [0.2, 0.25) is 0 Å². The second-order valence-electron chi connectivity index (χ2n) is 8.73. The number of piperidine rings is 1. The molecule has 6 heteroatoms. The minimum atomic E-state index is 0.295. The van der Waals surface area contributed by atoms with Gasteiger partial charge in [-0.25, -0.2) is 5.84 Å². The zero-order chi connectivity index (χ0) is 20.4. The molecule has 1 aromatic rings. The minimum absolute atomic E-state index is 0.295. The third-order valence-electron chi connectivity index (χ3n) is 7.03. The Balaban J connectivity index is 1.33. The van der Waals surface area contributed by atoms with E-state index in [0.717, 1.165) is 50.9 Å². The zero-order valence-electron chi connectivity index (χ0n) is 17.7. The van der Waals surface area contributed by atoms with Gasteiger partial charge >= 0.3 is 0 Å². The van der Waals surface area contributed by atoms with Crippen LogP contribution in [0.5, 0.6) is 0 Å². The highest BCUT2D eigenvalue weighted by Gasteiger charge is 2.35. The second-order valence-corrected chi connectivity index (χ2v) is 8.73. The Kier molecular flexibility index (Phi) is 6.23. The topological polar surface area (TPSA) is 56.1 Å². The van der Waals surface area contributed by atoms with Gasteiger partial charge in [0.2, 0.25) is 5.91 Å². The van der Waals surface area contributed by atoms with Gasteiger partial charge in [-0.1, -0.05) is 26.0 Å². The molecule has 1 aromatic carbocycles. The molecule has 29 heavy (non-hydrogen) atoms. The zero-order valence-corrected chi connectivity index (χ0v) is 17.7. The predicted octanol–water partition coefficient (Wildman–Crippen LogP) is 2.34.